The Morgan fingerprint density at radius 3 is 2.48 bits per heavy atom. The molecule has 4 rings (SSSR count). The highest BCUT2D eigenvalue weighted by molar-refractivity contribution is 5.81. The van der Waals surface area contributed by atoms with Crippen LogP contribution in [-0.4, -0.2) is 28.5 Å². The van der Waals surface area contributed by atoms with Crippen molar-refractivity contribution in [1.82, 2.24) is 9.78 Å². The average Bonchev–Trinajstić information content (AvgIpc) is 3.15. The SMILES string of the molecule is C[C@H](N)[C@@H](COc1ccccc1)Oc1ccc2c(cnn2-c2ccc(F)cc2)c1. The fourth-order valence-electron chi connectivity index (χ4n) is 3.04. The standard InChI is InChI=1S/C23H22FN3O2/c1-16(25)23(15-28-20-5-3-2-4-6-20)29-21-11-12-22-17(13-21)14-26-27(22)19-9-7-18(24)8-10-19/h2-14,16,23H,15,25H2,1H3/t16-,23+/m0/s1. The highest BCUT2D eigenvalue weighted by atomic mass is 19.1. The van der Waals surface area contributed by atoms with Gasteiger partial charge in [-0.15, -0.1) is 0 Å². The molecule has 0 aliphatic rings. The molecule has 5 nitrogen and oxygen atoms in total. The largest absolute Gasteiger partial charge is 0.490 e. The van der Waals surface area contributed by atoms with Crippen molar-refractivity contribution >= 4 is 10.9 Å². The van der Waals surface area contributed by atoms with Crippen molar-refractivity contribution in [3.63, 3.8) is 0 Å². The Morgan fingerprint density at radius 1 is 1.00 bits per heavy atom. The first-order valence-corrected chi connectivity index (χ1v) is 9.44. The first-order valence-electron chi connectivity index (χ1n) is 9.44. The Balaban J connectivity index is 1.51. The molecule has 1 aromatic heterocycles. The molecule has 0 aliphatic carbocycles. The van der Waals surface area contributed by atoms with Gasteiger partial charge in [0.25, 0.3) is 0 Å². The minimum Gasteiger partial charge on any atom is -0.490 e. The third kappa shape index (κ3) is 4.38. The quantitative estimate of drug-likeness (QED) is 0.509. The van der Waals surface area contributed by atoms with Crippen LogP contribution in [0.5, 0.6) is 11.5 Å². The van der Waals surface area contributed by atoms with Gasteiger partial charge in [0, 0.05) is 11.4 Å². The van der Waals surface area contributed by atoms with Gasteiger partial charge in [0.15, 0.2) is 0 Å². The van der Waals surface area contributed by atoms with E-state index in [0.717, 1.165) is 22.3 Å². The molecule has 2 atom stereocenters. The smallest absolute Gasteiger partial charge is 0.147 e. The molecule has 0 unspecified atom stereocenters. The van der Waals surface area contributed by atoms with Crippen LogP contribution in [0.25, 0.3) is 16.6 Å². The summed E-state index contributed by atoms with van der Waals surface area (Å²) < 4.78 is 26.9. The van der Waals surface area contributed by atoms with Gasteiger partial charge in [0.05, 0.1) is 17.4 Å². The molecule has 2 N–H and O–H groups in total. The van der Waals surface area contributed by atoms with Crippen molar-refractivity contribution in [2.24, 2.45) is 5.73 Å². The van der Waals surface area contributed by atoms with Gasteiger partial charge < -0.3 is 15.2 Å². The number of nitrogens with zero attached hydrogens (tertiary/aromatic N) is 2. The predicted octanol–water partition coefficient (Wildman–Crippen LogP) is 4.34. The van der Waals surface area contributed by atoms with Gasteiger partial charge >= 0.3 is 0 Å². The summed E-state index contributed by atoms with van der Waals surface area (Å²) in [5.74, 6) is 1.19. The second-order valence-electron chi connectivity index (χ2n) is 6.89. The van der Waals surface area contributed by atoms with Crippen LogP contribution in [0.4, 0.5) is 4.39 Å². The van der Waals surface area contributed by atoms with Gasteiger partial charge in [-0.3, -0.25) is 0 Å². The fraction of sp³-hybridized carbons (Fsp3) is 0.174. The zero-order valence-electron chi connectivity index (χ0n) is 16.0. The lowest BCUT2D eigenvalue weighted by Gasteiger charge is -2.23. The first-order chi connectivity index (χ1) is 14.1. The van der Waals surface area contributed by atoms with E-state index in [2.05, 4.69) is 5.10 Å². The minimum atomic E-state index is -0.306. The number of para-hydroxylation sites is 1. The Bertz CT molecular complexity index is 1080. The van der Waals surface area contributed by atoms with Crippen LogP contribution in [0.2, 0.25) is 0 Å². The number of nitrogens with two attached hydrogens (primary N) is 1. The number of fused-ring (bicyclic) bond motifs is 1. The molecule has 0 amide bonds. The molecule has 0 bridgehead atoms. The third-order valence-electron chi connectivity index (χ3n) is 4.64. The summed E-state index contributed by atoms with van der Waals surface area (Å²) in [4.78, 5) is 0. The van der Waals surface area contributed by atoms with Gasteiger partial charge in [-0.1, -0.05) is 18.2 Å². The summed E-state index contributed by atoms with van der Waals surface area (Å²) in [5, 5.41) is 5.33. The monoisotopic (exact) mass is 391 g/mol. The van der Waals surface area contributed by atoms with Crippen molar-refractivity contribution in [2.45, 2.75) is 19.1 Å². The maximum atomic E-state index is 13.2. The molecule has 0 aliphatic heterocycles. The van der Waals surface area contributed by atoms with E-state index in [-0.39, 0.29) is 18.0 Å². The average molecular weight is 391 g/mol. The normalized spacial score (nSPS) is 13.2. The number of ether oxygens (including phenoxy) is 2. The van der Waals surface area contributed by atoms with Crippen molar-refractivity contribution in [3.05, 3.63) is 84.8 Å². The van der Waals surface area contributed by atoms with E-state index in [1.165, 1.54) is 12.1 Å². The Kier molecular flexibility index (Phi) is 5.44. The number of hydrogen-bond donors (Lipinski definition) is 1. The molecule has 148 valence electrons. The summed E-state index contributed by atoms with van der Waals surface area (Å²) in [5.41, 5.74) is 7.80. The molecule has 3 aromatic carbocycles. The van der Waals surface area contributed by atoms with Crippen LogP contribution in [0, 0.1) is 5.82 Å². The molecular weight excluding hydrogens is 369 g/mol. The number of aromatic nitrogens is 2. The fourth-order valence-corrected chi connectivity index (χ4v) is 3.04. The highest BCUT2D eigenvalue weighted by Crippen LogP contribution is 2.24. The Labute approximate surface area is 168 Å². The van der Waals surface area contributed by atoms with E-state index in [0.29, 0.717) is 12.4 Å². The summed E-state index contributed by atoms with van der Waals surface area (Å²) in [6, 6.07) is 21.3. The van der Waals surface area contributed by atoms with Gasteiger partial charge in [-0.25, -0.2) is 9.07 Å². The number of halogens is 1. The molecule has 29 heavy (non-hydrogen) atoms. The van der Waals surface area contributed by atoms with E-state index in [4.69, 9.17) is 15.2 Å². The van der Waals surface area contributed by atoms with Gasteiger partial charge in [0.2, 0.25) is 0 Å². The third-order valence-corrected chi connectivity index (χ3v) is 4.64. The lowest BCUT2D eigenvalue weighted by molar-refractivity contribution is 0.111. The predicted molar refractivity (Wildman–Crippen MR) is 111 cm³/mol. The van der Waals surface area contributed by atoms with Crippen LogP contribution in [0.15, 0.2) is 79.0 Å². The van der Waals surface area contributed by atoms with Gasteiger partial charge in [-0.2, -0.15) is 5.10 Å². The van der Waals surface area contributed by atoms with Crippen molar-refractivity contribution in [3.8, 4) is 17.2 Å². The van der Waals surface area contributed by atoms with Crippen LogP contribution in [-0.2, 0) is 0 Å². The summed E-state index contributed by atoms with van der Waals surface area (Å²) in [7, 11) is 0. The maximum absolute atomic E-state index is 13.2. The lowest BCUT2D eigenvalue weighted by Crippen LogP contribution is -2.40. The maximum Gasteiger partial charge on any atom is 0.147 e. The Hall–Kier alpha value is -3.38. The molecule has 6 heteroatoms. The zero-order valence-corrected chi connectivity index (χ0v) is 16.0. The minimum absolute atomic E-state index is 0.212. The molecule has 0 fully saturated rings. The van der Waals surface area contributed by atoms with Crippen molar-refractivity contribution in [1.29, 1.82) is 0 Å². The van der Waals surface area contributed by atoms with E-state index < -0.39 is 0 Å². The molecule has 0 radical (unpaired) electrons. The summed E-state index contributed by atoms with van der Waals surface area (Å²) in [6.45, 7) is 2.23. The number of hydrogen-bond acceptors (Lipinski definition) is 4. The van der Waals surface area contributed by atoms with E-state index in [1.807, 2.05) is 55.5 Å². The summed E-state index contributed by atoms with van der Waals surface area (Å²) >= 11 is 0. The van der Waals surface area contributed by atoms with Crippen molar-refractivity contribution in [2.75, 3.05) is 6.61 Å². The second-order valence-corrected chi connectivity index (χ2v) is 6.89. The van der Waals surface area contributed by atoms with E-state index in [9.17, 15) is 4.39 Å². The van der Waals surface area contributed by atoms with Gasteiger partial charge in [-0.05, 0) is 61.5 Å². The zero-order chi connectivity index (χ0) is 20.2. The first kappa shape index (κ1) is 19.0. The molecule has 0 saturated heterocycles. The van der Waals surface area contributed by atoms with Crippen LogP contribution in [0.3, 0.4) is 0 Å². The van der Waals surface area contributed by atoms with Crippen LogP contribution < -0.4 is 15.2 Å². The Morgan fingerprint density at radius 2 is 1.76 bits per heavy atom. The number of rotatable bonds is 7. The topological polar surface area (TPSA) is 62.3 Å². The molecule has 0 saturated carbocycles. The van der Waals surface area contributed by atoms with E-state index in [1.54, 1.807) is 23.0 Å². The molecule has 4 aromatic rings. The molecular formula is C23H22FN3O2. The second kappa shape index (κ2) is 8.32. The van der Waals surface area contributed by atoms with Crippen LogP contribution >= 0.6 is 0 Å². The summed E-state index contributed by atoms with van der Waals surface area (Å²) in [6.07, 6.45) is 1.45. The van der Waals surface area contributed by atoms with Crippen molar-refractivity contribution < 1.29 is 13.9 Å². The van der Waals surface area contributed by atoms with Gasteiger partial charge in [0.1, 0.15) is 30.0 Å². The highest BCUT2D eigenvalue weighted by Gasteiger charge is 2.18. The lowest BCUT2D eigenvalue weighted by atomic mass is 10.2. The van der Waals surface area contributed by atoms with E-state index >= 15 is 0 Å². The molecule has 1 heterocycles. The number of benzene rings is 3. The van der Waals surface area contributed by atoms with Crippen LogP contribution in [0.1, 0.15) is 6.92 Å². The molecule has 0 spiro atoms.